The molecule has 29 heavy (non-hydrogen) atoms. The van der Waals surface area contributed by atoms with Gasteiger partial charge in [-0.15, -0.1) is 10.2 Å². The van der Waals surface area contributed by atoms with Crippen LogP contribution >= 0.6 is 0 Å². The van der Waals surface area contributed by atoms with Crippen LogP contribution in [0.15, 0.2) is 54.7 Å². The quantitative estimate of drug-likeness (QED) is 0.481. The van der Waals surface area contributed by atoms with Crippen molar-refractivity contribution in [3.05, 3.63) is 65.9 Å². The van der Waals surface area contributed by atoms with Gasteiger partial charge in [-0.25, -0.2) is 4.98 Å². The molecule has 0 radical (unpaired) electrons. The van der Waals surface area contributed by atoms with Gasteiger partial charge in [0.15, 0.2) is 5.82 Å². The average Bonchev–Trinajstić information content (AvgIpc) is 2.74. The molecule has 3 aromatic rings. The number of nitrogens with zero attached hydrogens (tertiary/aromatic N) is 3. The maximum atomic E-state index is 12.1. The molecule has 3 rings (SSSR count). The van der Waals surface area contributed by atoms with Gasteiger partial charge in [0.2, 0.25) is 0 Å². The Hall–Kier alpha value is -3.68. The summed E-state index contributed by atoms with van der Waals surface area (Å²) in [6.45, 7) is 5.49. The number of hydrogen-bond donors (Lipinski definition) is 3. The SMILES string of the molecule is CCOc1ccc(C(=O)NCCNc2ccc(Nc3ccc(C)cn3)nn2)cc1. The summed E-state index contributed by atoms with van der Waals surface area (Å²) in [4.78, 5) is 16.4. The van der Waals surface area contributed by atoms with E-state index in [1.165, 1.54) is 0 Å². The number of anilines is 3. The van der Waals surface area contributed by atoms with Crippen LogP contribution in [-0.2, 0) is 0 Å². The van der Waals surface area contributed by atoms with Gasteiger partial charge in [-0.3, -0.25) is 4.79 Å². The molecule has 2 aromatic heterocycles. The third-order valence-corrected chi connectivity index (χ3v) is 3.98. The number of carbonyl (C=O) groups excluding carboxylic acids is 1. The van der Waals surface area contributed by atoms with Crippen molar-refractivity contribution in [2.24, 2.45) is 0 Å². The van der Waals surface area contributed by atoms with Gasteiger partial charge < -0.3 is 20.7 Å². The van der Waals surface area contributed by atoms with E-state index in [1.54, 1.807) is 30.5 Å². The normalized spacial score (nSPS) is 10.3. The lowest BCUT2D eigenvalue weighted by Crippen LogP contribution is -2.28. The van der Waals surface area contributed by atoms with E-state index in [4.69, 9.17) is 4.74 Å². The van der Waals surface area contributed by atoms with Gasteiger partial charge in [-0.1, -0.05) is 6.07 Å². The van der Waals surface area contributed by atoms with E-state index in [9.17, 15) is 4.79 Å². The van der Waals surface area contributed by atoms with Crippen molar-refractivity contribution in [2.45, 2.75) is 13.8 Å². The standard InChI is InChI=1S/C21H24N6O2/c1-3-29-17-7-5-16(6-8-17)21(28)23-13-12-22-19-10-11-20(27-26-19)25-18-9-4-15(2)14-24-18/h4-11,14H,3,12-13H2,1-2H3,(H,22,26)(H,23,28)(H,24,25,27). The molecule has 1 amide bonds. The summed E-state index contributed by atoms with van der Waals surface area (Å²) in [5, 5.41) is 17.3. The molecule has 0 atom stereocenters. The van der Waals surface area contributed by atoms with Crippen molar-refractivity contribution < 1.29 is 9.53 Å². The van der Waals surface area contributed by atoms with Crippen LogP contribution in [0.3, 0.4) is 0 Å². The fourth-order valence-corrected chi connectivity index (χ4v) is 2.50. The van der Waals surface area contributed by atoms with Crippen molar-refractivity contribution >= 4 is 23.4 Å². The molecule has 150 valence electrons. The second kappa shape index (κ2) is 10.0. The van der Waals surface area contributed by atoms with E-state index in [0.29, 0.717) is 42.7 Å². The van der Waals surface area contributed by atoms with Crippen LogP contribution in [0, 0.1) is 6.92 Å². The number of rotatable bonds is 9. The molecule has 0 unspecified atom stereocenters. The topological polar surface area (TPSA) is 101 Å². The van der Waals surface area contributed by atoms with Crippen LogP contribution in [0.1, 0.15) is 22.8 Å². The molecule has 3 N–H and O–H groups in total. The van der Waals surface area contributed by atoms with E-state index in [2.05, 4.69) is 31.1 Å². The van der Waals surface area contributed by atoms with Crippen molar-refractivity contribution in [1.29, 1.82) is 0 Å². The van der Waals surface area contributed by atoms with E-state index in [0.717, 1.165) is 11.3 Å². The average molecular weight is 392 g/mol. The van der Waals surface area contributed by atoms with Gasteiger partial charge in [0, 0.05) is 24.8 Å². The van der Waals surface area contributed by atoms with Crippen molar-refractivity contribution in [1.82, 2.24) is 20.5 Å². The number of aromatic nitrogens is 3. The van der Waals surface area contributed by atoms with Crippen LogP contribution in [0.5, 0.6) is 5.75 Å². The third-order valence-electron chi connectivity index (χ3n) is 3.98. The highest BCUT2D eigenvalue weighted by Gasteiger charge is 2.05. The second-order valence-corrected chi connectivity index (χ2v) is 6.29. The summed E-state index contributed by atoms with van der Waals surface area (Å²) >= 11 is 0. The van der Waals surface area contributed by atoms with E-state index in [-0.39, 0.29) is 5.91 Å². The molecule has 0 bridgehead atoms. The Labute approximate surface area is 169 Å². The van der Waals surface area contributed by atoms with E-state index in [1.807, 2.05) is 38.1 Å². The number of aryl methyl sites for hydroxylation is 1. The van der Waals surface area contributed by atoms with Crippen molar-refractivity contribution in [3.8, 4) is 5.75 Å². The number of hydrogen-bond acceptors (Lipinski definition) is 7. The number of benzene rings is 1. The highest BCUT2D eigenvalue weighted by Crippen LogP contribution is 2.13. The largest absolute Gasteiger partial charge is 0.494 e. The molecule has 0 saturated heterocycles. The summed E-state index contributed by atoms with van der Waals surface area (Å²) in [5.74, 6) is 2.56. The highest BCUT2D eigenvalue weighted by atomic mass is 16.5. The van der Waals surface area contributed by atoms with Crippen LogP contribution in [0.25, 0.3) is 0 Å². The minimum atomic E-state index is -0.133. The van der Waals surface area contributed by atoms with Crippen molar-refractivity contribution in [3.63, 3.8) is 0 Å². The first-order valence-corrected chi connectivity index (χ1v) is 9.42. The first kappa shape index (κ1) is 20.1. The molecule has 8 heteroatoms. The first-order valence-electron chi connectivity index (χ1n) is 9.42. The van der Waals surface area contributed by atoms with E-state index >= 15 is 0 Å². The van der Waals surface area contributed by atoms with Crippen molar-refractivity contribution in [2.75, 3.05) is 30.3 Å². The molecule has 8 nitrogen and oxygen atoms in total. The van der Waals surface area contributed by atoms with Crippen LogP contribution < -0.4 is 20.7 Å². The Balaban J connectivity index is 1.41. The van der Waals surface area contributed by atoms with Crippen LogP contribution in [0.2, 0.25) is 0 Å². The number of carbonyl (C=O) groups is 1. The zero-order chi connectivity index (χ0) is 20.5. The lowest BCUT2D eigenvalue weighted by atomic mass is 10.2. The number of ether oxygens (including phenoxy) is 1. The summed E-state index contributed by atoms with van der Waals surface area (Å²) in [7, 11) is 0. The third kappa shape index (κ3) is 6.17. The Morgan fingerprint density at radius 1 is 0.931 bits per heavy atom. The predicted octanol–water partition coefficient (Wildman–Crippen LogP) is 3.16. The summed E-state index contributed by atoms with van der Waals surface area (Å²) in [6.07, 6.45) is 1.79. The molecule has 0 aliphatic heterocycles. The molecule has 0 aliphatic carbocycles. The number of amides is 1. The smallest absolute Gasteiger partial charge is 0.251 e. The Kier molecular flexibility index (Phi) is 6.94. The van der Waals surface area contributed by atoms with Gasteiger partial charge in [-0.05, 0) is 61.9 Å². The summed E-state index contributed by atoms with van der Waals surface area (Å²) in [6, 6.07) is 14.5. The van der Waals surface area contributed by atoms with Gasteiger partial charge >= 0.3 is 0 Å². The Morgan fingerprint density at radius 2 is 1.66 bits per heavy atom. The molecular weight excluding hydrogens is 368 g/mol. The monoisotopic (exact) mass is 392 g/mol. The molecular formula is C21H24N6O2. The number of pyridine rings is 1. The minimum absolute atomic E-state index is 0.133. The fourth-order valence-electron chi connectivity index (χ4n) is 2.50. The van der Waals surface area contributed by atoms with E-state index < -0.39 is 0 Å². The lowest BCUT2D eigenvalue weighted by molar-refractivity contribution is 0.0955. The zero-order valence-corrected chi connectivity index (χ0v) is 16.5. The van der Waals surface area contributed by atoms with Gasteiger partial charge in [0.05, 0.1) is 6.61 Å². The maximum Gasteiger partial charge on any atom is 0.251 e. The summed E-state index contributed by atoms with van der Waals surface area (Å²) in [5.41, 5.74) is 1.68. The highest BCUT2D eigenvalue weighted by molar-refractivity contribution is 5.94. The maximum absolute atomic E-state index is 12.1. The van der Waals surface area contributed by atoms with Gasteiger partial charge in [0.25, 0.3) is 5.91 Å². The first-order chi connectivity index (χ1) is 14.1. The molecule has 2 heterocycles. The molecule has 0 spiro atoms. The van der Waals surface area contributed by atoms with Gasteiger partial charge in [-0.2, -0.15) is 0 Å². The molecule has 1 aromatic carbocycles. The fraction of sp³-hybridized carbons (Fsp3) is 0.238. The minimum Gasteiger partial charge on any atom is -0.494 e. The Morgan fingerprint density at radius 3 is 2.31 bits per heavy atom. The van der Waals surface area contributed by atoms with Crippen LogP contribution in [-0.4, -0.2) is 40.8 Å². The number of nitrogens with one attached hydrogen (secondary N) is 3. The Bertz CT molecular complexity index is 911. The molecule has 0 aliphatic rings. The van der Waals surface area contributed by atoms with Crippen LogP contribution in [0.4, 0.5) is 17.5 Å². The predicted molar refractivity (Wildman–Crippen MR) is 113 cm³/mol. The lowest BCUT2D eigenvalue weighted by Gasteiger charge is -2.09. The van der Waals surface area contributed by atoms with Gasteiger partial charge in [0.1, 0.15) is 17.4 Å². The zero-order valence-electron chi connectivity index (χ0n) is 16.5. The summed E-state index contributed by atoms with van der Waals surface area (Å²) < 4.78 is 5.37. The molecule has 0 saturated carbocycles. The molecule has 0 fully saturated rings. The second-order valence-electron chi connectivity index (χ2n) is 6.29.